The molecule has 1 unspecified atom stereocenters. The highest BCUT2D eigenvalue weighted by atomic mass is 32.2. The van der Waals surface area contributed by atoms with Crippen molar-refractivity contribution in [2.45, 2.75) is 18.4 Å². The maximum Gasteiger partial charge on any atom is 0.154 e. The number of hydrogen-bond donors (Lipinski definition) is 1. The lowest BCUT2D eigenvalue weighted by Crippen LogP contribution is -2.37. The molecule has 0 aromatic heterocycles. The van der Waals surface area contributed by atoms with Crippen LogP contribution in [0.4, 0.5) is 0 Å². The third-order valence-corrected chi connectivity index (χ3v) is 4.97. The number of thioether (sulfide) groups is 1. The second-order valence-electron chi connectivity index (χ2n) is 5.23. The number of amidine groups is 1. The highest BCUT2D eigenvalue weighted by molar-refractivity contribution is 8.14. The van der Waals surface area contributed by atoms with E-state index in [1.165, 1.54) is 11.1 Å². The lowest BCUT2D eigenvalue weighted by atomic mass is 9.71. The van der Waals surface area contributed by atoms with E-state index in [4.69, 9.17) is 5.73 Å². The van der Waals surface area contributed by atoms with Gasteiger partial charge in [0.15, 0.2) is 5.17 Å². The summed E-state index contributed by atoms with van der Waals surface area (Å²) in [6.07, 6.45) is 0. The van der Waals surface area contributed by atoms with E-state index in [2.05, 4.69) is 72.6 Å². The molecule has 1 aliphatic heterocycles. The number of rotatable bonds is 3. The van der Waals surface area contributed by atoms with E-state index in [0.29, 0.717) is 5.17 Å². The fourth-order valence-corrected chi connectivity index (χ4v) is 3.75. The van der Waals surface area contributed by atoms with Crippen LogP contribution in [0.5, 0.6) is 0 Å². The quantitative estimate of drug-likeness (QED) is 0.936. The second-order valence-corrected chi connectivity index (χ2v) is 6.27. The number of hydrogen-bond acceptors (Lipinski definition) is 3. The maximum atomic E-state index is 5.89. The Hall–Kier alpha value is -1.74. The molecule has 3 rings (SSSR count). The van der Waals surface area contributed by atoms with Crippen LogP contribution < -0.4 is 5.73 Å². The molecule has 1 aliphatic rings. The van der Waals surface area contributed by atoms with Crippen molar-refractivity contribution in [1.82, 2.24) is 0 Å². The maximum absolute atomic E-state index is 5.89. The van der Waals surface area contributed by atoms with Gasteiger partial charge in [-0.15, -0.1) is 0 Å². The predicted molar refractivity (Wildman–Crippen MR) is 87.2 cm³/mol. The van der Waals surface area contributed by atoms with E-state index in [1.807, 2.05) is 0 Å². The Labute approximate surface area is 124 Å². The monoisotopic (exact) mass is 282 g/mol. The zero-order valence-corrected chi connectivity index (χ0v) is 12.3. The van der Waals surface area contributed by atoms with Gasteiger partial charge in [-0.25, -0.2) is 0 Å². The van der Waals surface area contributed by atoms with Crippen molar-refractivity contribution in [2.24, 2.45) is 10.7 Å². The Morgan fingerprint density at radius 3 is 1.90 bits per heavy atom. The van der Waals surface area contributed by atoms with Crippen LogP contribution in [0.25, 0.3) is 0 Å². The summed E-state index contributed by atoms with van der Waals surface area (Å²) < 4.78 is 0. The van der Waals surface area contributed by atoms with Crippen LogP contribution in [-0.4, -0.2) is 17.0 Å². The molecular weight excluding hydrogens is 264 g/mol. The molecule has 0 saturated heterocycles. The van der Waals surface area contributed by atoms with Gasteiger partial charge in [0.1, 0.15) is 0 Å². The smallest absolute Gasteiger partial charge is 0.154 e. The highest BCUT2D eigenvalue weighted by Crippen LogP contribution is 2.40. The molecule has 20 heavy (non-hydrogen) atoms. The summed E-state index contributed by atoms with van der Waals surface area (Å²) in [6, 6.07) is 21.4. The van der Waals surface area contributed by atoms with Gasteiger partial charge in [-0.3, -0.25) is 4.99 Å². The average Bonchev–Trinajstić information content (AvgIpc) is 2.95. The molecule has 2 aromatic rings. The Kier molecular flexibility index (Phi) is 3.53. The minimum atomic E-state index is -0.142. The lowest BCUT2D eigenvalue weighted by Gasteiger charge is -2.34. The van der Waals surface area contributed by atoms with Crippen molar-refractivity contribution >= 4 is 16.9 Å². The predicted octanol–water partition coefficient (Wildman–Crippen LogP) is 3.42. The van der Waals surface area contributed by atoms with Crippen molar-refractivity contribution in [3.63, 3.8) is 0 Å². The molecule has 0 bridgehead atoms. The van der Waals surface area contributed by atoms with E-state index < -0.39 is 0 Å². The first kappa shape index (κ1) is 13.3. The SMILES string of the molecule is CC(c1ccccc1)(c1ccccc1)C1CSC(N)=N1. The van der Waals surface area contributed by atoms with Crippen molar-refractivity contribution in [1.29, 1.82) is 0 Å². The van der Waals surface area contributed by atoms with Crippen LogP contribution in [0, 0.1) is 0 Å². The van der Waals surface area contributed by atoms with Gasteiger partial charge >= 0.3 is 0 Å². The summed E-state index contributed by atoms with van der Waals surface area (Å²) in [5.41, 5.74) is 8.32. The number of aliphatic imine (C=N–C) groups is 1. The first-order valence-corrected chi connectivity index (χ1v) is 7.77. The minimum absolute atomic E-state index is 0.142. The number of nitrogens with two attached hydrogens (primary N) is 1. The Morgan fingerprint density at radius 1 is 1.00 bits per heavy atom. The minimum Gasteiger partial charge on any atom is -0.379 e. The lowest BCUT2D eigenvalue weighted by molar-refractivity contribution is 0.482. The molecule has 1 heterocycles. The van der Waals surface area contributed by atoms with E-state index in [1.54, 1.807) is 11.8 Å². The van der Waals surface area contributed by atoms with Crippen molar-refractivity contribution in [3.05, 3.63) is 71.8 Å². The summed E-state index contributed by atoms with van der Waals surface area (Å²) in [5.74, 6) is 0.937. The normalized spacial score (nSPS) is 18.9. The van der Waals surface area contributed by atoms with Crippen molar-refractivity contribution in [3.8, 4) is 0 Å². The van der Waals surface area contributed by atoms with Crippen LogP contribution in [0.3, 0.4) is 0 Å². The fourth-order valence-electron chi connectivity index (χ4n) is 2.81. The van der Waals surface area contributed by atoms with Crippen LogP contribution >= 0.6 is 11.8 Å². The fraction of sp³-hybridized carbons (Fsp3) is 0.235. The Morgan fingerprint density at radius 2 is 1.50 bits per heavy atom. The van der Waals surface area contributed by atoms with Gasteiger partial charge in [0.25, 0.3) is 0 Å². The first-order chi connectivity index (χ1) is 9.71. The molecule has 0 amide bonds. The Balaban J connectivity index is 2.13. The van der Waals surface area contributed by atoms with Gasteiger partial charge in [-0.1, -0.05) is 72.4 Å². The molecule has 0 saturated carbocycles. The third kappa shape index (κ3) is 2.22. The highest BCUT2D eigenvalue weighted by Gasteiger charge is 2.39. The van der Waals surface area contributed by atoms with Gasteiger partial charge in [0, 0.05) is 11.2 Å². The van der Waals surface area contributed by atoms with Crippen molar-refractivity contribution < 1.29 is 0 Å². The molecule has 2 aromatic carbocycles. The summed E-state index contributed by atoms with van der Waals surface area (Å²) in [5, 5.41) is 0.702. The molecule has 0 radical (unpaired) electrons. The average molecular weight is 282 g/mol. The van der Waals surface area contributed by atoms with Crippen LogP contribution in [0.1, 0.15) is 18.1 Å². The van der Waals surface area contributed by atoms with Crippen LogP contribution in [-0.2, 0) is 5.41 Å². The van der Waals surface area contributed by atoms with E-state index in [9.17, 15) is 0 Å². The molecule has 0 spiro atoms. The molecule has 2 N–H and O–H groups in total. The van der Waals surface area contributed by atoms with Gasteiger partial charge in [0.05, 0.1) is 6.04 Å². The topological polar surface area (TPSA) is 38.4 Å². The zero-order valence-electron chi connectivity index (χ0n) is 11.5. The second kappa shape index (κ2) is 5.33. The van der Waals surface area contributed by atoms with E-state index in [-0.39, 0.29) is 11.5 Å². The molecule has 0 aliphatic carbocycles. The third-order valence-electron chi connectivity index (χ3n) is 4.09. The van der Waals surface area contributed by atoms with Gasteiger partial charge in [0.2, 0.25) is 0 Å². The molecule has 1 atom stereocenters. The standard InChI is InChI=1S/C17H18N2S/c1-17(13-8-4-2-5-9-13,14-10-6-3-7-11-14)15-12-20-16(18)19-15/h2-11,15H,12H2,1H3,(H2,18,19). The summed E-state index contributed by atoms with van der Waals surface area (Å²) >= 11 is 1.65. The molecule has 0 fully saturated rings. The summed E-state index contributed by atoms with van der Waals surface area (Å²) in [4.78, 5) is 4.67. The number of benzene rings is 2. The molecule has 102 valence electrons. The van der Waals surface area contributed by atoms with E-state index >= 15 is 0 Å². The number of nitrogens with zero attached hydrogens (tertiary/aromatic N) is 1. The summed E-state index contributed by atoms with van der Waals surface area (Å²) in [7, 11) is 0. The van der Waals surface area contributed by atoms with Gasteiger partial charge in [-0.05, 0) is 18.1 Å². The van der Waals surface area contributed by atoms with Crippen molar-refractivity contribution in [2.75, 3.05) is 5.75 Å². The molecule has 2 nitrogen and oxygen atoms in total. The Bertz CT molecular complexity index is 568. The largest absolute Gasteiger partial charge is 0.379 e. The van der Waals surface area contributed by atoms with E-state index in [0.717, 1.165) is 5.75 Å². The van der Waals surface area contributed by atoms with Crippen LogP contribution in [0.15, 0.2) is 65.7 Å². The first-order valence-electron chi connectivity index (χ1n) is 6.78. The summed E-state index contributed by atoms with van der Waals surface area (Å²) in [6.45, 7) is 2.27. The molecule has 3 heteroatoms. The van der Waals surface area contributed by atoms with Crippen LogP contribution in [0.2, 0.25) is 0 Å². The van der Waals surface area contributed by atoms with Gasteiger partial charge < -0.3 is 5.73 Å². The molecular formula is C17H18N2S. The van der Waals surface area contributed by atoms with Gasteiger partial charge in [-0.2, -0.15) is 0 Å². The zero-order chi connectivity index (χ0) is 14.0.